The fourth-order valence-corrected chi connectivity index (χ4v) is 2.80. The number of aryl methyl sites for hydroxylation is 1. The molecule has 22 heavy (non-hydrogen) atoms. The van der Waals surface area contributed by atoms with E-state index < -0.39 is 0 Å². The first-order valence-electron chi connectivity index (χ1n) is 7.08. The summed E-state index contributed by atoms with van der Waals surface area (Å²) in [5.41, 5.74) is 3.41. The topological polar surface area (TPSA) is 49.3 Å². The van der Waals surface area contributed by atoms with Crippen molar-refractivity contribution in [3.8, 4) is 0 Å². The van der Waals surface area contributed by atoms with Gasteiger partial charge in [-0.1, -0.05) is 13.0 Å². The number of thiophene rings is 1. The number of aromatic nitrogens is 1. The third kappa shape index (κ3) is 5.92. The minimum absolute atomic E-state index is 0. The second-order valence-electron chi connectivity index (χ2n) is 5.03. The first kappa shape index (κ1) is 18.9. The zero-order valence-corrected chi connectivity index (χ0v) is 16.3. The van der Waals surface area contributed by atoms with Crippen molar-refractivity contribution >= 4 is 41.3 Å². The van der Waals surface area contributed by atoms with Gasteiger partial charge in [0.05, 0.1) is 12.2 Å². The lowest BCUT2D eigenvalue weighted by Gasteiger charge is -2.15. The summed E-state index contributed by atoms with van der Waals surface area (Å²) in [6.45, 7) is 5.75. The van der Waals surface area contributed by atoms with Crippen LogP contribution in [0.15, 0.2) is 40.0 Å². The molecule has 0 saturated carbocycles. The standard InChI is InChI=1S/C16H22N4S.HI/c1-12(14-7-8-21-11-14)9-18-16(17-3)19-10-15-6-4-5-13(2)20-15;/h4-8,11-12H,9-10H2,1-3H3,(H2,17,18,19);1H. The summed E-state index contributed by atoms with van der Waals surface area (Å²) < 4.78 is 0. The van der Waals surface area contributed by atoms with Gasteiger partial charge in [-0.3, -0.25) is 9.98 Å². The van der Waals surface area contributed by atoms with E-state index in [0.717, 1.165) is 23.9 Å². The first-order chi connectivity index (χ1) is 10.2. The Bertz CT molecular complexity index is 584. The van der Waals surface area contributed by atoms with Gasteiger partial charge in [-0.05, 0) is 47.4 Å². The number of rotatable bonds is 5. The summed E-state index contributed by atoms with van der Waals surface area (Å²) in [6, 6.07) is 8.21. The zero-order chi connectivity index (χ0) is 15.1. The molecular weight excluding hydrogens is 407 g/mol. The van der Waals surface area contributed by atoms with Gasteiger partial charge in [-0.15, -0.1) is 24.0 Å². The van der Waals surface area contributed by atoms with Crippen LogP contribution >= 0.6 is 35.3 Å². The van der Waals surface area contributed by atoms with Gasteiger partial charge in [-0.2, -0.15) is 11.3 Å². The van der Waals surface area contributed by atoms with Crippen LogP contribution in [-0.2, 0) is 6.54 Å². The summed E-state index contributed by atoms with van der Waals surface area (Å²) in [5.74, 6) is 1.27. The third-order valence-corrected chi connectivity index (χ3v) is 4.00. The summed E-state index contributed by atoms with van der Waals surface area (Å²) in [5, 5.41) is 11.0. The molecule has 0 aromatic carbocycles. The van der Waals surface area contributed by atoms with E-state index in [1.807, 2.05) is 25.1 Å². The molecule has 2 rings (SSSR count). The van der Waals surface area contributed by atoms with Crippen molar-refractivity contribution < 1.29 is 0 Å². The van der Waals surface area contributed by atoms with Crippen LogP contribution in [0.1, 0.15) is 29.8 Å². The fourth-order valence-electron chi connectivity index (χ4n) is 2.02. The molecule has 120 valence electrons. The molecule has 0 spiro atoms. The van der Waals surface area contributed by atoms with Gasteiger partial charge in [0.25, 0.3) is 0 Å². The molecule has 6 heteroatoms. The van der Waals surface area contributed by atoms with Crippen LogP contribution in [0.2, 0.25) is 0 Å². The van der Waals surface area contributed by atoms with Crippen molar-refractivity contribution in [3.05, 3.63) is 52.0 Å². The molecule has 4 nitrogen and oxygen atoms in total. The number of nitrogens with one attached hydrogen (secondary N) is 2. The number of hydrogen-bond donors (Lipinski definition) is 2. The second-order valence-corrected chi connectivity index (χ2v) is 5.81. The molecule has 0 aliphatic rings. The van der Waals surface area contributed by atoms with Gasteiger partial charge >= 0.3 is 0 Å². The molecule has 0 aliphatic carbocycles. The lowest BCUT2D eigenvalue weighted by Crippen LogP contribution is -2.38. The van der Waals surface area contributed by atoms with Crippen molar-refractivity contribution in [1.29, 1.82) is 0 Å². The Morgan fingerprint density at radius 2 is 2.14 bits per heavy atom. The van der Waals surface area contributed by atoms with Gasteiger partial charge in [0.1, 0.15) is 0 Å². The molecule has 1 atom stereocenters. The number of aliphatic imine (C=N–C) groups is 1. The molecule has 2 heterocycles. The van der Waals surface area contributed by atoms with Crippen LogP contribution in [0.4, 0.5) is 0 Å². The molecule has 0 radical (unpaired) electrons. The Labute approximate surface area is 153 Å². The normalized spacial score (nSPS) is 12.4. The minimum Gasteiger partial charge on any atom is -0.356 e. The molecule has 2 aromatic rings. The maximum absolute atomic E-state index is 4.47. The van der Waals surface area contributed by atoms with Crippen LogP contribution in [0.5, 0.6) is 0 Å². The average Bonchev–Trinajstić information content (AvgIpc) is 3.01. The Hall–Kier alpha value is -1.15. The Morgan fingerprint density at radius 1 is 1.32 bits per heavy atom. The molecule has 0 saturated heterocycles. The number of hydrogen-bond acceptors (Lipinski definition) is 3. The monoisotopic (exact) mass is 430 g/mol. The second kappa shape index (κ2) is 9.78. The van der Waals surface area contributed by atoms with Gasteiger partial charge in [0.2, 0.25) is 0 Å². The lowest BCUT2D eigenvalue weighted by atomic mass is 10.1. The van der Waals surface area contributed by atoms with Gasteiger partial charge in [-0.25, -0.2) is 0 Å². The first-order valence-corrected chi connectivity index (χ1v) is 8.02. The van der Waals surface area contributed by atoms with Gasteiger partial charge < -0.3 is 10.6 Å². The summed E-state index contributed by atoms with van der Waals surface area (Å²) in [7, 11) is 1.79. The van der Waals surface area contributed by atoms with Crippen LogP contribution < -0.4 is 10.6 Å². The zero-order valence-electron chi connectivity index (χ0n) is 13.2. The summed E-state index contributed by atoms with van der Waals surface area (Å²) in [6.07, 6.45) is 0. The Morgan fingerprint density at radius 3 is 2.77 bits per heavy atom. The maximum atomic E-state index is 4.47. The van der Waals surface area contributed by atoms with E-state index in [4.69, 9.17) is 0 Å². The summed E-state index contributed by atoms with van der Waals surface area (Å²) >= 11 is 1.73. The molecule has 0 aliphatic heterocycles. The van der Waals surface area contributed by atoms with Crippen molar-refractivity contribution in [2.45, 2.75) is 26.3 Å². The highest BCUT2D eigenvalue weighted by Crippen LogP contribution is 2.16. The highest BCUT2D eigenvalue weighted by molar-refractivity contribution is 14.0. The molecule has 1 unspecified atom stereocenters. The number of nitrogens with zero attached hydrogens (tertiary/aromatic N) is 2. The molecule has 2 aromatic heterocycles. The van der Waals surface area contributed by atoms with Crippen LogP contribution in [-0.4, -0.2) is 24.5 Å². The predicted octanol–water partition coefficient (Wildman–Crippen LogP) is 3.54. The molecule has 0 amide bonds. The summed E-state index contributed by atoms with van der Waals surface area (Å²) in [4.78, 5) is 8.72. The van der Waals surface area contributed by atoms with E-state index in [0.29, 0.717) is 12.5 Å². The van der Waals surface area contributed by atoms with Crippen LogP contribution in [0.3, 0.4) is 0 Å². The Kier molecular flexibility index (Phi) is 8.40. The maximum Gasteiger partial charge on any atom is 0.191 e. The van der Waals surface area contributed by atoms with Crippen LogP contribution in [0, 0.1) is 6.92 Å². The molecular formula is C16H23IN4S. The van der Waals surface area contributed by atoms with Crippen molar-refractivity contribution in [1.82, 2.24) is 15.6 Å². The van der Waals surface area contributed by atoms with E-state index in [-0.39, 0.29) is 24.0 Å². The van der Waals surface area contributed by atoms with E-state index in [9.17, 15) is 0 Å². The molecule has 0 bridgehead atoms. The van der Waals surface area contributed by atoms with E-state index >= 15 is 0 Å². The number of guanidine groups is 1. The predicted molar refractivity (Wildman–Crippen MR) is 105 cm³/mol. The minimum atomic E-state index is 0. The highest BCUT2D eigenvalue weighted by Gasteiger charge is 2.07. The number of halogens is 1. The Balaban J connectivity index is 0.00000242. The smallest absolute Gasteiger partial charge is 0.191 e. The average molecular weight is 430 g/mol. The van der Waals surface area contributed by atoms with Crippen molar-refractivity contribution in [3.63, 3.8) is 0 Å². The lowest BCUT2D eigenvalue weighted by molar-refractivity contribution is 0.698. The SMILES string of the molecule is CN=C(NCc1cccc(C)n1)NCC(C)c1ccsc1.I. The third-order valence-electron chi connectivity index (χ3n) is 3.29. The van der Waals surface area contributed by atoms with E-state index in [1.165, 1.54) is 5.56 Å². The number of pyridine rings is 1. The quantitative estimate of drug-likeness (QED) is 0.434. The van der Waals surface area contributed by atoms with Gasteiger partial charge in [0, 0.05) is 19.3 Å². The largest absolute Gasteiger partial charge is 0.356 e. The van der Waals surface area contributed by atoms with Gasteiger partial charge in [0.15, 0.2) is 5.96 Å². The van der Waals surface area contributed by atoms with Crippen molar-refractivity contribution in [2.24, 2.45) is 4.99 Å². The van der Waals surface area contributed by atoms with E-state index in [1.54, 1.807) is 18.4 Å². The van der Waals surface area contributed by atoms with Crippen molar-refractivity contribution in [2.75, 3.05) is 13.6 Å². The molecule has 2 N–H and O–H groups in total. The fraction of sp³-hybridized carbons (Fsp3) is 0.375. The van der Waals surface area contributed by atoms with E-state index in [2.05, 4.69) is 44.4 Å². The highest BCUT2D eigenvalue weighted by atomic mass is 127. The molecule has 0 fully saturated rings. The van der Waals surface area contributed by atoms with Crippen LogP contribution in [0.25, 0.3) is 0 Å².